The average molecular weight is 974 g/mol. The SMILES string of the molecule is CC1CC(N(C)C)CC(O[C@@H]2C[C@H](O)C(C)C[C@@](C)(O)C(O)C(C)C(=O)N[C@H](C)CC2OCC(O)CN2CCN(c3cccc(C(F)(F)F)c3)CC2)O1.CC1CCOC(C)C1.CO.OCCl. The molecule has 386 valence electrons. The second-order valence-electron chi connectivity index (χ2n) is 19.2. The van der Waals surface area contributed by atoms with Crippen molar-refractivity contribution in [2.45, 2.75) is 166 Å². The number of piperazine rings is 1. The third-order valence-electron chi connectivity index (χ3n) is 12.9. The Bertz CT molecular complexity index is 1490. The number of aliphatic hydroxyl groups excluding tert-OH is 5. The summed E-state index contributed by atoms with van der Waals surface area (Å²) in [7, 11) is 5.02. The lowest BCUT2D eigenvalue weighted by atomic mass is 9.80. The lowest BCUT2D eigenvalue weighted by Crippen LogP contribution is -2.51. The van der Waals surface area contributed by atoms with Crippen molar-refractivity contribution in [3.05, 3.63) is 29.8 Å². The van der Waals surface area contributed by atoms with Gasteiger partial charge in [0.1, 0.15) is 6.07 Å². The molecule has 1 amide bonds. The first-order valence-electron chi connectivity index (χ1n) is 23.5. The maximum Gasteiger partial charge on any atom is 0.416 e. The summed E-state index contributed by atoms with van der Waals surface area (Å²) in [6.07, 6.45) is -4.93. The second kappa shape index (κ2) is 29.3. The molecular formula is C47H84ClF3N4O11. The van der Waals surface area contributed by atoms with Crippen LogP contribution in [0.5, 0.6) is 0 Å². The van der Waals surface area contributed by atoms with Crippen molar-refractivity contribution < 1.29 is 67.6 Å². The predicted octanol–water partition coefficient (Wildman–Crippen LogP) is 4.45. The normalized spacial score (nSPS) is 34.6. The van der Waals surface area contributed by atoms with E-state index in [2.05, 4.69) is 35.7 Å². The van der Waals surface area contributed by atoms with E-state index in [0.717, 1.165) is 38.2 Å². The van der Waals surface area contributed by atoms with Crippen LogP contribution in [0.2, 0.25) is 0 Å². The fourth-order valence-electron chi connectivity index (χ4n) is 9.12. The van der Waals surface area contributed by atoms with Crippen LogP contribution in [0, 0.1) is 17.8 Å². The van der Waals surface area contributed by atoms with E-state index in [1.54, 1.807) is 19.9 Å². The van der Waals surface area contributed by atoms with Crippen molar-refractivity contribution in [1.29, 1.82) is 0 Å². The number of carbonyl (C=O) groups excluding carboxylic acids is 1. The number of halogens is 4. The molecule has 0 aromatic heterocycles. The van der Waals surface area contributed by atoms with Gasteiger partial charge in [0.15, 0.2) is 6.29 Å². The molecule has 4 saturated heterocycles. The average Bonchev–Trinajstić information content (AvgIpc) is 3.25. The highest BCUT2D eigenvalue weighted by Gasteiger charge is 2.42. The number of alkyl halides is 4. The summed E-state index contributed by atoms with van der Waals surface area (Å²) in [6, 6.07) is 4.76. The number of amides is 1. The summed E-state index contributed by atoms with van der Waals surface area (Å²) in [4.78, 5) is 19.3. The molecule has 4 aliphatic rings. The van der Waals surface area contributed by atoms with Gasteiger partial charge in [0.2, 0.25) is 5.91 Å². The van der Waals surface area contributed by atoms with Crippen LogP contribution in [0.25, 0.3) is 0 Å². The Morgan fingerprint density at radius 2 is 1.61 bits per heavy atom. The second-order valence-corrected chi connectivity index (χ2v) is 19.4. The number of hydrogen-bond acceptors (Lipinski definition) is 14. The molecule has 5 rings (SSSR count). The maximum absolute atomic E-state index is 13.3. The van der Waals surface area contributed by atoms with Gasteiger partial charge < -0.3 is 64.7 Å². The minimum Gasteiger partial charge on any atom is -0.400 e. The molecule has 1 aromatic rings. The van der Waals surface area contributed by atoms with E-state index in [1.165, 1.54) is 25.8 Å². The quantitative estimate of drug-likeness (QED) is 0.172. The fourth-order valence-corrected chi connectivity index (χ4v) is 9.12. The zero-order valence-corrected chi connectivity index (χ0v) is 41.8. The molecular weight excluding hydrogens is 889 g/mol. The van der Waals surface area contributed by atoms with Crippen LogP contribution in [0.4, 0.5) is 18.9 Å². The molecule has 4 heterocycles. The summed E-state index contributed by atoms with van der Waals surface area (Å²) in [5.41, 5.74) is -1.83. The molecule has 15 nitrogen and oxygen atoms in total. The van der Waals surface area contributed by atoms with Crippen LogP contribution in [0.3, 0.4) is 0 Å². The molecule has 7 N–H and O–H groups in total. The van der Waals surface area contributed by atoms with Crippen LogP contribution >= 0.6 is 11.6 Å². The van der Waals surface area contributed by atoms with Crippen LogP contribution in [-0.2, 0) is 29.9 Å². The Morgan fingerprint density at radius 1 is 0.970 bits per heavy atom. The standard InChI is InChI=1S/C38H63F3N4O8.C7H14O.CH3ClO.CH4O/c1-23-20-37(5,50)35(48)26(4)36(49)42-24(2)15-32(33(19-31(23)47)53-34-18-29(43(6)7)16-25(3)52-34)51-22-30(46)21-44-11-13-45(14-12-44)28-10-8-9-27(17-28)38(39,40)41;1-6-3-4-8-7(2)5-6;2-1-3;1-2/h8-10,17,23-26,29-35,46-48,50H,11-16,18-22H2,1-7H3,(H,42,49);6-7H,3-5H2,1-2H3;3H,1H2;2H,1H3/t23?,24-,25?,26?,29?,30?,31+,32?,33-,34?,35?,37-;;;/m1.../s1. The number of benzene rings is 1. The van der Waals surface area contributed by atoms with E-state index in [0.29, 0.717) is 44.4 Å². The van der Waals surface area contributed by atoms with Crippen molar-refractivity contribution in [3.63, 3.8) is 0 Å². The minimum atomic E-state index is -4.42. The predicted molar refractivity (Wildman–Crippen MR) is 249 cm³/mol. The van der Waals surface area contributed by atoms with Crippen molar-refractivity contribution in [1.82, 2.24) is 15.1 Å². The Balaban J connectivity index is 0.00000100. The summed E-state index contributed by atoms with van der Waals surface area (Å²) in [5.74, 6) is -0.962. The monoisotopic (exact) mass is 973 g/mol. The number of rotatable bonds is 9. The van der Waals surface area contributed by atoms with Gasteiger partial charge in [-0.2, -0.15) is 13.2 Å². The number of β-amino-alcohol motifs (C(OH)–C–C–N with tert-alkyl or cyclic N) is 1. The van der Waals surface area contributed by atoms with E-state index in [9.17, 15) is 38.4 Å². The highest BCUT2D eigenvalue weighted by molar-refractivity contribution is 6.16. The Morgan fingerprint density at radius 3 is 2.17 bits per heavy atom. The van der Waals surface area contributed by atoms with Gasteiger partial charge in [0, 0.05) is 77.1 Å². The molecule has 14 atom stereocenters. The molecule has 4 fully saturated rings. The molecule has 10 unspecified atom stereocenters. The molecule has 66 heavy (non-hydrogen) atoms. The molecule has 0 aliphatic carbocycles. The fraction of sp³-hybridized carbons (Fsp3) is 0.851. The molecule has 19 heteroatoms. The Hall–Kier alpha value is -1.91. The Kier molecular flexibility index (Phi) is 26.7. The smallest absolute Gasteiger partial charge is 0.400 e. The van der Waals surface area contributed by atoms with E-state index in [1.807, 2.05) is 37.7 Å². The molecule has 0 spiro atoms. The third-order valence-corrected chi connectivity index (χ3v) is 12.9. The molecule has 0 saturated carbocycles. The summed E-state index contributed by atoms with van der Waals surface area (Å²) in [5, 5.41) is 62.2. The van der Waals surface area contributed by atoms with Crippen molar-refractivity contribution in [3.8, 4) is 0 Å². The first-order valence-corrected chi connectivity index (χ1v) is 24.0. The highest BCUT2D eigenvalue weighted by Crippen LogP contribution is 2.34. The molecule has 1 aromatic carbocycles. The van der Waals surface area contributed by atoms with Gasteiger partial charge in [0.05, 0.1) is 66.4 Å². The van der Waals surface area contributed by atoms with E-state index >= 15 is 0 Å². The van der Waals surface area contributed by atoms with Crippen molar-refractivity contribution >= 4 is 23.2 Å². The van der Waals surface area contributed by atoms with Crippen molar-refractivity contribution in [2.75, 3.05) is 78.1 Å². The lowest BCUT2D eigenvalue weighted by Gasteiger charge is -2.41. The number of ether oxygens (including phenoxy) is 4. The highest BCUT2D eigenvalue weighted by atomic mass is 35.5. The van der Waals surface area contributed by atoms with Crippen LogP contribution in [0.1, 0.15) is 99.0 Å². The maximum atomic E-state index is 13.3. The van der Waals surface area contributed by atoms with Gasteiger partial charge in [-0.25, -0.2) is 0 Å². The first-order chi connectivity index (χ1) is 30.9. The van der Waals surface area contributed by atoms with Gasteiger partial charge in [-0.15, -0.1) is 0 Å². The lowest BCUT2D eigenvalue weighted by molar-refractivity contribution is -0.246. The topological polar surface area (TPSA) is 197 Å². The van der Waals surface area contributed by atoms with Crippen LogP contribution in [0.15, 0.2) is 24.3 Å². The number of aliphatic hydroxyl groups is 6. The molecule has 0 bridgehead atoms. The third kappa shape index (κ3) is 20.6. The molecule has 0 radical (unpaired) electrons. The van der Waals surface area contributed by atoms with Gasteiger partial charge in [0.25, 0.3) is 0 Å². The zero-order chi connectivity index (χ0) is 49.9. The van der Waals surface area contributed by atoms with Crippen molar-refractivity contribution in [2.24, 2.45) is 17.8 Å². The summed E-state index contributed by atoms with van der Waals surface area (Å²) >= 11 is 4.55. The van der Waals surface area contributed by atoms with Crippen LogP contribution in [-0.4, -0.2) is 186 Å². The largest absolute Gasteiger partial charge is 0.416 e. The van der Waals surface area contributed by atoms with Gasteiger partial charge in [-0.3, -0.25) is 9.69 Å². The van der Waals surface area contributed by atoms with Gasteiger partial charge >= 0.3 is 6.18 Å². The van der Waals surface area contributed by atoms with E-state index < -0.39 is 77.9 Å². The van der Waals surface area contributed by atoms with E-state index in [-0.39, 0.29) is 50.6 Å². The minimum absolute atomic E-state index is 0.0279. The number of anilines is 1. The number of carbonyl (C=O) groups is 1. The summed E-state index contributed by atoms with van der Waals surface area (Å²) < 4.78 is 64.5. The van der Waals surface area contributed by atoms with Gasteiger partial charge in [-0.1, -0.05) is 38.4 Å². The number of hydrogen-bond donors (Lipinski definition) is 7. The van der Waals surface area contributed by atoms with Gasteiger partial charge in [-0.05, 0) is 104 Å². The zero-order valence-electron chi connectivity index (χ0n) is 41.0. The summed E-state index contributed by atoms with van der Waals surface area (Å²) in [6.45, 7) is 16.3. The van der Waals surface area contributed by atoms with E-state index in [4.69, 9.17) is 29.2 Å². The molecule has 4 aliphatic heterocycles. The first kappa shape index (κ1) is 60.2. The van der Waals surface area contributed by atoms with Crippen LogP contribution < -0.4 is 10.2 Å². The number of nitrogens with zero attached hydrogens (tertiary/aromatic N) is 3. The Labute approximate surface area is 396 Å². The number of nitrogens with one attached hydrogen (secondary N) is 1.